The molecule has 1 aliphatic rings. The molecule has 0 bridgehead atoms. The van der Waals surface area contributed by atoms with Crippen molar-refractivity contribution in [3.05, 3.63) is 53.6 Å². The fourth-order valence-electron chi connectivity index (χ4n) is 3.16. The van der Waals surface area contributed by atoms with Crippen molar-refractivity contribution in [3.63, 3.8) is 0 Å². The Morgan fingerprint density at radius 2 is 2.00 bits per heavy atom. The average Bonchev–Trinajstić information content (AvgIpc) is 3.17. The summed E-state index contributed by atoms with van der Waals surface area (Å²) in [5.74, 6) is 0.0240. The zero-order valence-corrected chi connectivity index (χ0v) is 13.2. The number of anilines is 1. The standard InChI is InChI=1S/C18H18N4O/c1-12(2)22-17-8-7-14(11-15(17)19-20-22)18(23)21-10-9-13-5-3-4-6-16(13)21/h3-8,11-12H,9-10H2,1-2H3. The van der Waals surface area contributed by atoms with Crippen LogP contribution in [0.4, 0.5) is 5.69 Å². The Labute approximate surface area is 134 Å². The lowest BCUT2D eigenvalue weighted by Gasteiger charge is -2.17. The van der Waals surface area contributed by atoms with Crippen LogP contribution >= 0.6 is 0 Å². The molecule has 5 heteroatoms. The van der Waals surface area contributed by atoms with Crippen molar-refractivity contribution in [2.75, 3.05) is 11.4 Å². The fraction of sp³-hybridized carbons (Fsp3) is 0.278. The maximum Gasteiger partial charge on any atom is 0.258 e. The van der Waals surface area contributed by atoms with Gasteiger partial charge in [0.25, 0.3) is 5.91 Å². The second-order valence-corrected chi connectivity index (χ2v) is 6.17. The van der Waals surface area contributed by atoms with E-state index in [0.29, 0.717) is 5.56 Å². The number of fused-ring (bicyclic) bond motifs is 2. The van der Waals surface area contributed by atoms with Crippen LogP contribution < -0.4 is 4.90 Å². The first-order valence-corrected chi connectivity index (χ1v) is 7.90. The van der Waals surface area contributed by atoms with Crippen molar-refractivity contribution >= 4 is 22.6 Å². The number of hydrogen-bond donors (Lipinski definition) is 0. The molecule has 1 aromatic heterocycles. The summed E-state index contributed by atoms with van der Waals surface area (Å²) < 4.78 is 1.87. The summed E-state index contributed by atoms with van der Waals surface area (Å²) in [6, 6.07) is 14.0. The van der Waals surface area contributed by atoms with Crippen LogP contribution in [0.15, 0.2) is 42.5 Å². The minimum atomic E-state index is 0.0240. The van der Waals surface area contributed by atoms with E-state index in [-0.39, 0.29) is 11.9 Å². The highest BCUT2D eigenvalue weighted by Crippen LogP contribution is 2.29. The van der Waals surface area contributed by atoms with Crippen LogP contribution in [0, 0.1) is 0 Å². The Morgan fingerprint density at radius 1 is 1.17 bits per heavy atom. The average molecular weight is 306 g/mol. The lowest BCUT2D eigenvalue weighted by Crippen LogP contribution is -2.28. The molecule has 23 heavy (non-hydrogen) atoms. The Bertz CT molecular complexity index is 897. The minimum Gasteiger partial charge on any atom is -0.308 e. The monoisotopic (exact) mass is 306 g/mol. The smallest absolute Gasteiger partial charge is 0.258 e. The van der Waals surface area contributed by atoms with Crippen LogP contribution in [-0.4, -0.2) is 27.4 Å². The zero-order chi connectivity index (χ0) is 16.0. The van der Waals surface area contributed by atoms with Crippen molar-refractivity contribution in [1.29, 1.82) is 0 Å². The number of amides is 1. The molecule has 0 atom stereocenters. The lowest BCUT2D eigenvalue weighted by atomic mass is 10.1. The molecule has 116 valence electrons. The van der Waals surface area contributed by atoms with Crippen LogP contribution in [0.25, 0.3) is 11.0 Å². The first-order chi connectivity index (χ1) is 11.1. The van der Waals surface area contributed by atoms with Crippen LogP contribution in [0.1, 0.15) is 35.8 Å². The molecule has 0 saturated carbocycles. The Morgan fingerprint density at radius 3 is 2.83 bits per heavy atom. The quantitative estimate of drug-likeness (QED) is 0.730. The van der Waals surface area contributed by atoms with Gasteiger partial charge in [0.15, 0.2) is 0 Å². The summed E-state index contributed by atoms with van der Waals surface area (Å²) in [5.41, 5.74) is 4.62. The van der Waals surface area contributed by atoms with Gasteiger partial charge in [-0.25, -0.2) is 4.68 Å². The molecule has 2 heterocycles. The Kier molecular flexibility index (Phi) is 3.15. The lowest BCUT2D eigenvalue weighted by molar-refractivity contribution is 0.0989. The van der Waals surface area contributed by atoms with Crippen LogP contribution in [-0.2, 0) is 6.42 Å². The highest BCUT2D eigenvalue weighted by Gasteiger charge is 2.25. The minimum absolute atomic E-state index is 0.0240. The number of aromatic nitrogens is 3. The van der Waals surface area contributed by atoms with Crippen LogP contribution in [0.5, 0.6) is 0 Å². The molecule has 3 aromatic rings. The van der Waals surface area contributed by atoms with E-state index in [4.69, 9.17) is 0 Å². The summed E-state index contributed by atoms with van der Waals surface area (Å²) >= 11 is 0. The van der Waals surface area contributed by atoms with Crippen molar-refractivity contribution in [2.24, 2.45) is 0 Å². The zero-order valence-electron chi connectivity index (χ0n) is 13.2. The maximum absolute atomic E-state index is 12.9. The van der Waals surface area contributed by atoms with Crippen molar-refractivity contribution in [1.82, 2.24) is 15.0 Å². The molecule has 1 amide bonds. The van der Waals surface area contributed by atoms with Gasteiger partial charge in [0.1, 0.15) is 5.52 Å². The third kappa shape index (κ3) is 2.20. The first kappa shape index (κ1) is 13.9. The maximum atomic E-state index is 12.9. The van der Waals surface area contributed by atoms with E-state index in [2.05, 4.69) is 30.2 Å². The molecule has 0 spiro atoms. The molecule has 4 rings (SSSR count). The molecule has 0 radical (unpaired) electrons. The molecule has 0 aliphatic carbocycles. The van der Waals surface area contributed by atoms with Gasteiger partial charge in [-0.15, -0.1) is 5.10 Å². The molecule has 5 nitrogen and oxygen atoms in total. The summed E-state index contributed by atoms with van der Waals surface area (Å²) in [5, 5.41) is 8.37. The van der Waals surface area contributed by atoms with Gasteiger partial charge in [-0.2, -0.15) is 0 Å². The molecular formula is C18H18N4O. The van der Waals surface area contributed by atoms with Gasteiger partial charge in [0.2, 0.25) is 0 Å². The molecular weight excluding hydrogens is 288 g/mol. The Hall–Kier alpha value is -2.69. The van der Waals surface area contributed by atoms with E-state index in [1.165, 1.54) is 5.56 Å². The largest absolute Gasteiger partial charge is 0.308 e. The first-order valence-electron chi connectivity index (χ1n) is 7.90. The molecule has 0 fully saturated rings. The third-order valence-electron chi connectivity index (χ3n) is 4.34. The van der Waals surface area contributed by atoms with Crippen molar-refractivity contribution in [2.45, 2.75) is 26.3 Å². The fourth-order valence-corrected chi connectivity index (χ4v) is 3.16. The number of nitrogens with zero attached hydrogens (tertiary/aromatic N) is 4. The summed E-state index contributed by atoms with van der Waals surface area (Å²) in [7, 11) is 0. The normalized spacial score (nSPS) is 13.8. The van der Waals surface area contributed by atoms with E-state index < -0.39 is 0 Å². The Balaban J connectivity index is 1.71. The molecule has 0 N–H and O–H groups in total. The topological polar surface area (TPSA) is 51.0 Å². The van der Waals surface area contributed by atoms with Gasteiger partial charge >= 0.3 is 0 Å². The number of rotatable bonds is 2. The van der Waals surface area contributed by atoms with Gasteiger partial charge in [0.05, 0.1) is 5.52 Å². The van der Waals surface area contributed by atoms with Gasteiger partial charge in [-0.3, -0.25) is 4.79 Å². The van der Waals surface area contributed by atoms with Gasteiger partial charge < -0.3 is 4.90 Å². The van der Waals surface area contributed by atoms with Crippen LogP contribution in [0.2, 0.25) is 0 Å². The summed E-state index contributed by atoms with van der Waals surface area (Å²) in [6.45, 7) is 4.86. The van der Waals surface area contributed by atoms with E-state index >= 15 is 0 Å². The van der Waals surface area contributed by atoms with E-state index in [1.807, 2.05) is 46.0 Å². The van der Waals surface area contributed by atoms with Crippen molar-refractivity contribution in [3.8, 4) is 0 Å². The molecule has 1 aliphatic heterocycles. The SMILES string of the molecule is CC(C)n1nnc2cc(C(=O)N3CCc4ccccc43)ccc21. The summed E-state index contributed by atoms with van der Waals surface area (Å²) in [6.07, 6.45) is 0.910. The van der Waals surface area contributed by atoms with Gasteiger partial charge in [-0.05, 0) is 50.1 Å². The highest BCUT2D eigenvalue weighted by atomic mass is 16.2. The second kappa shape index (κ2) is 5.19. The van der Waals surface area contributed by atoms with Crippen molar-refractivity contribution < 1.29 is 4.79 Å². The van der Waals surface area contributed by atoms with Crippen LogP contribution in [0.3, 0.4) is 0 Å². The summed E-state index contributed by atoms with van der Waals surface area (Å²) in [4.78, 5) is 14.7. The van der Waals surface area contributed by atoms with Gasteiger partial charge in [0, 0.05) is 23.8 Å². The van der Waals surface area contributed by atoms with E-state index in [9.17, 15) is 4.79 Å². The number of benzene rings is 2. The molecule has 0 unspecified atom stereocenters. The van der Waals surface area contributed by atoms with E-state index in [1.54, 1.807) is 0 Å². The highest BCUT2D eigenvalue weighted by molar-refractivity contribution is 6.08. The molecule has 2 aromatic carbocycles. The number of carbonyl (C=O) groups excluding carboxylic acids is 1. The predicted octanol–water partition coefficient (Wildman–Crippen LogP) is 3.22. The number of carbonyl (C=O) groups is 1. The molecule has 0 saturated heterocycles. The number of para-hydroxylation sites is 1. The van der Waals surface area contributed by atoms with Gasteiger partial charge in [-0.1, -0.05) is 23.4 Å². The predicted molar refractivity (Wildman–Crippen MR) is 89.7 cm³/mol. The van der Waals surface area contributed by atoms with E-state index in [0.717, 1.165) is 29.7 Å². The second-order valence-electron chi connectivity index (χ2n) is 6.17. The number of hydrogen-bond acceptors (Lipinski definition) is 3. The third-order valence-corrected chi connectivity index (χ3v) is 4.34.